The van der Waals surface area contributed by atoms with E-state index in [0.717, 1.165) is 12.8 Å². The van der Waals surface area contributed by atoms with Crippen molar-refractivity contribution < 1.29 is 18.3 Å². The van der Waals surface area contributed by atoms with E-state index in [9.17, 15) is 13.6 Å². The number of nitriles is 1. The van der Waals surface area contributed by atoms with E-state index < -0.39 is 23.2 Å². The summed E-state index contributed by atoms with van der Waals surface area (Å²) in [5.74, 6) is -3.02. The minimum absolute atomic E-state index is 0.111. The number of allylic oxidation sites excluding steroid dienone is 4. The molecule has 0 saturated carbocycles. The van der Waals surface area contributed by atoms with Crippen LogP contribution in [-0.2, 0) is 0 Å². The Morgan fingerprint density at radius 3 is 2.33 bits per heavy atom. The van der Waals surface area contributed by atoms with E-state index in [1.54, 1.807) is 0 Å². The lowest BCUT2D eigenvalue weighted by molar-refractivity contribution is 0.0724. The maximum absolute atomic E-state index is 14.7. The van der Waals surface area contributed by atoms with Gasteiger partial charge in [-0.1, -0.05) is 62.8 Å². The van der Waals surface area contributed by atoms with Crippen LogP contribution in [0.2, 0.25) is 0 Å². The predicted octanol–water partition coefficient (Wildman–Crippen LogP) is 7.78. The molecule has 3 nitrogen and oxygen atoms in total. The molecule has 0 heterocycles. The number of hydrogen-bond donors (Lipinski definition) is 0. The molecule has 1 aliphatic rings. The molecule has 0 amide bonds. The zero-order valence-corrected chi connectivity index (χ0v) is 18.9. The Kier molecular flexibility index (Phi) is 8.95. The molecule has 33 heavy (non-hydrogen) atoms. The van der Waals surface area contributed by atoms with Gasteiger partial charge in [0, 0.05) is 5.92 Å². The third-order valence-electron chi connectivity index (χ3n) is 5.89. The molecule has 3 rings (SSSR count). The smallest absolute Gasteiger partial charge is 0.349 e. The Hall–Kier alpha value is -3.26. The molecule has 1 unspecified atom stereocenters. The van der Waals surface area contributed by atoms with Gasteiger partial charge in [-0.05, 0) is 61.2 Å². The van der Waals surface area contributed by atoms with Gasteiger partial charge in [0.1, 0.15) is 22.9 Å². The first-order valence-electron chi connectivity index (χ1n) is 11.6. The highest BCUT2D eigenvalue weighted by Gasteiger charge is 2.23. The average molecular weight is 450 g/mol. The van der Waals surface area contributed by atoms with Crippen molar-refractivity contribution in [3.8, 4) is 11.8 Å². The van der Waals surface area contributed by atoms with E-state index in [-0.39, 0.29) is 11.7 Å². The summed E-state index contributed by atoms with van der Waals surface area (Å²) >= 11 is 0. The van der Waals surface area contributed by atoms with Crippen molar-refractivity contribution in [3.05, 3.63) is 88.5 Å². The highest BCUT2D eigenvalue weighted by molar-refractivity contribution is 5.91. The molecule has 0 bridgehead atoms. The summed E-state index contributed by atoms with van der Waals surface area (Å²) in [5, 5.41) is 8.82. The van der Waals surface area contributed by atoms with Crippen molar-refractivity contribution in [1.82, 2.24) is 0 Å². The lowest BCUT2D eigenvalue weighted by Gasteiger charge is -2.18. The van der Waals surface area contributed by atoms with E-state index in [4.69, 9.17) is 10.00 Å². The van der Waals surface area contributed by atoms with E-state index in [1.807, 2.05) is 18.2 Å². The number of carbonyl (C=O) groups excluding carboxylic acids is 1. The van der Waals surface area contributed by atoms with Crippen LogP contribution >= 0.6 is 0 Å². The molecule has 0 aromatic heterocycles. The summed E-state index contributed by atoms with van der Waals surface area (Å²) in [7, 11) is 0. The van der Waals surface area contributed by atoms with Crippen molar-refractivity contribution in [1.29, 1.82) is 5.26 Å². The number of ether oxygens (including phenoxy) is 1. The van der Waals surface area contributed by atoms with Gasteiger partial charge in [0.05, 0.1) is 11.6 Å². The number of carbonyl (C=O) groups is 1. The Morgan fingerprint density at radius 1 is 1.06 bits per heavy atom. The van der Waals surface area contributed by atoms with Gasteiger partial charge in [-0.2, -0.15) is 5.26 Å². The Balaban J connectivity index is 1.59. The molecule has 0 radical (unpaired) electrons. The Morgan fingerprint density at radius 2 is 1.73 bits per heavy atom. The topological polar surface area (TPSA) is 50.1 Å². The number of halogens is 2. The average Bonchev–Trinajstić information content (AvgIpc) is 2.81. The fraction of sp³-hybridized carbons (Fsp3) is 0.357. The normalized spacial score (nSPS) is 15.1. The highest BCUT2D eigenvalue weighted by atomic mass is 19.1. The second-order valence-corrected chi connectivity index (χ2v) is 8.38. The summed E-state index contributed by atoms with van der Waals surface area (Å²) in [5.41, 5.74) is 1.43. The molecular formula is C28H29F2NO2. The SMILES string of the molecule is CCCCCCCCC1=CCC(c2cc(F)c(C(=O)Oc3ccc(C#N)cc3)c(F)c2)C=C1. The third-order valence-corrected chi connectivity index (χ3v) is 5.89. The summed E-state index contributed by atoms with van der Waals surface area (Å²) in [6.45, 7) is 2.21. The lowest BCUT2D eigenvalue weighted by Crippen LogP contribution is -2.14. The lowest BCUT2D eigenvalue weighted by atomic mass is 9.88. The minimum Gasteiger partial charge on any atom is -0.423 e. The number of hydrogen-bond acceptors (Lipinski definition) is 3. The number of nitrogens with zero attached hydrogens (tertiary/aromatic N) is 1. The van der Waals surface area contributed by atoms with Crippen LogP contribution in [-0.4, -0.2) is 5.97 Å². The molecule has 0 fully saturated rings. The van der Waals surface area contributed by atoms with Crippen molar-refractivity contribution in [2.75, 3.05) is 0 Å². The molecule has 0 saturated heterocycles. The van der Waals surface area contributed by atoms with Gasteiger partial charge in [0.15, 0.2) is 0 Å². The fourth-order valence-electron chi connectivity index (χ4n) is 3.96. The molecule has 1 atom stereocenters. The van der Waals surface area contributed by atoms with Gasteiger partial charge in [-0.25, -0.2) is 13.6 Å². The number of esters is 1. The molecular weight excluding hydrogens is 420 g/mol. The largest absolute Gasteiger partial charge is 0.423 e. The van der Waals surface area contributed by atoms with Gasteiger partial charge in [-0.15, -0.1) is 0 Å². The fourth-order valence-corrected chi connectivity index (χ4v) is 3.96. The van der Waals surface area contributed by atoms with Crippen molar-refractivity contribution in [2.24, 2.45) is 0 Å². The highest BCUT2D eigenvalue weighted by Crippen LogP contribution is 2.31. The molecule has 5 heteroatoms. The third kappa shape index (κ3) is 6.86. The summed E-state index contributed by atoms with van der Waals surface area (Å²) in [6, 6.07) is 10.1. The molecule has 1 aliphatic carbocycles. The molecule has 0 aliphatic heterocycles. The van der Waals surface area contributed by atoms with Crippen molar-refractivity contribution in [3.63, 3.8) is 0 Å². The summed E-state index contributed by atoms with van der Waals surface area (Å²) < 4.78 is 34.4. The maximum atomic E-state index is 14.7. The Labute approximate surface area is 194 Å². The number of benzene rings is 2. The first kappa shape index (κ1) is 24.4. The quantitative estimate of drug-likeness (QED) is 0.211. The van der Waals surface area contributed by atoms with Crippen LogP contribution in [0.15, 0.2) is 60.2 Å². The number of rotatable bonds is 10. The van der Waals surface area contributed by atoms with Crippen LogP contribution in [0.5, 0.6) is 5.75 Å². The van der Waals surface area contributed by atoms with Crippen LogP contribution in [0.3, 0.4) is 0 Å². The number of unbranched alkanes of at least 4 members (excludes halogenated alkanes) is 5. The van der Waals surface area contributed by atoms with Crippen molar-refractivity contribution in [2.45, 2.75) is 64.2 Å². The summed E-state index contributed by atoms with van der Waals surface area (Å²) in [4.78, 5) is 12.3. The second kappa shape index (κ2) is 12.1. The van der Waals surface area contributed by atoms with Gasteiger partial charge in [0.25, 0.3) is 0 Å². The second-order valence-electron chi connectivity index (χ2n) is 8.38. The standard InChI is InChI=1S/C28H29F2NO2/c1-2-3-4-5-6-7-8-20-9-13-22(14-10-20)23-17-25(29)27(26(30)18-23)28(32)33-24-15-11-21(19-31)12-16-24/h9-13,15-18,22H,2-8,14H2,1H3. The van der Waals surface area contributed by atoms with Crippen LogP contribution in [0.25, 0.3) is 0 Å². The molecule has 2 aromatic carbocycles. The van der Waals surface area contributed by atoms with E-state index in [1.165, 1.54) is 74.1 Å². The van der Waals surface area contributed by atoms with E-state index in [0.29, 0.717) is 17.5 Å². The first-order chi connectivity index (χ1) is 16.0. The first-order valence-corrected chi connectivity index (χ1v) is 11.6. The van der Waals surface area contributed by atoms with Crippen LogP contribution in [0.1, 0.15) is 85.7 Å². The molecule has 2 aromatic rings. The monoisotopic (exact) mass is 449 g/mol. The van der Waals surface area contributed by atoms with Crippen LogP contribution in [0.4, 0.5) is 8.78 Å². The molecule has 0 N–H and O–H groups in total. The molecule has 0 spiro atoms. The van der Waals surface area contributed by atoms with Gasteiger partial charge in [-0.3, -0.25) is 0 Å². The zero-order valence-electron chi connectivity index (χ0n) is 18.9. The van der Waals surface area contributed by atoms with Gasteiger partial charge >= 0.3 is 5.97 Å². The van der Waals surface area contributed by atoms with Gasteiger partial charge in [0.2, 0.25) is 0 Å². The predicted molar refractivity (Wildman–Crippen MR) is 125 cm³/mol. The summed E-state index contributed by atoms with van der Waals surface area (Å²) in [6.07, 6.45) is 15.4. The van der Waals surface area contributed by atoms with Gasteiger partial charge < -0.3 is 4.74 Å². The van der Waals surface area contributed by atoms with Crippen LogP contribution in [0, 0.1) is 23.0 Å². The van der Waals surface area contributed by atoms with E-state index in [2.05, 4.69) is 13.0 Å². The van der Waals surface area contributed by atoms with Crippen molar-refractivity contribution >= 4 is 5.97 Å². The Bertz CT molecular complexity index is 1040. The zero-order chi connectivity index (χ0) is 23.6. The van der Waals surface area contributed by atoms with E-state index >= 15 is 0 Å². The van der Waals surface area contributed by atoms with Crippen LogP contribution < -0.4 is 4.74 Å². The molecule has 172 valence electrons. The minimum atomic E-state index is -1.11. The maximum Gasteiger partial charge on any atom is 0.349 e.